The van der Waals surface area contributed by atoms with Crippen molar-refractivity contribution in [1.29, 1.82) is 0 Å². The van der Waals surface area contributed by atoms with Gasteiger partial charge in [-0.2, -0.15) is 9.78 Å². The molecule has 1 aliphatic heterocycles. The molecule has 9 heteroatoms. The van der Waals surface area contributed by atoms with Gasteiger partial charge in [0.1, 0.15) is 5.82 Å². The Morgan fingerprint density at radius 3 is 2.69 bits per heavy atom. The van der Waals surface area contributed by atoms with E-state index < -0.39 is 28.7 Å². The normalized spacial score (nSPS) is 15.6. The summed E-state index contributed by atoms with van der Waals surface area (Å²) >= 11 is 0. The Kier molecular flexibility index (Phi) is 6.27. The Morgan fingerprint density at radius 2 is 2.00 bits per heavy atom. The van der Waals surface area contributed by atoms with Crippen LogP contribution in [0.3, 0.4) is 0 Å². The third-order valence-electron chi connectivity index (χ3n) is 5.30. The van der Waals surface area contributed by atoms with Gasteiger partial charge < -0.3 is 10.1 Å². The standard InChI is InChI=1S/C23H23FN4O4/c1-15-7-9-18(10-8-15)28-23(31)27(14-16-4-2-5-17(24)12-16)22(30)20(26-28)21(29)25-13-19-6-3-11-32-19/h2,4-5,7-10,12,19H,3,6,11,13-14H2,1H3,(H,25,29)/t19-/m0/s1. The quantitative estimate of drug-likeness (QED) is 0.633. The minimum atomic E-state index is -0.840. The molecule has 0 unspecified atom stereocenters. The number of benzene rings is 2. The molecule has 0 bridgehead atoms. The molecule has 1 N–H and O–H groups in total. The summed E-state index contributed by atoms with van der Waals surface area (Å²) in [6, 6.07) is 12.5. The van der Waals surface area contributed by atoms with Crippen LogP contribution in [0.25, 0.3) is 5.69 Å². The van der Waals surface area contributed by atoms with E-state index in [4.69, 9.17) is 4.74 Å². The van der Waals surface area contributed by atoms with Crippen molar-refractivity contribution in [2.45, 2.75) is 32.4 Å². The number of hydrogen-bond donors (Lipinski definition) is 1. The van der Waals surface area contributed by atoms with Crippen molar-refractivity contribution in [1.82, 2.24) is 19.7 Å². The number of hydrogen-bond acceptors (Lipinski definition) is 5. The Bertz CT molecular complexity index is 1240. The first-order valence-electron chi connectivity index (χ1n) is 10.4. The molecular weight excluding hydrogens is 415 g/mol. The fourth-order valence-electron chi connectivity index (χ4n) is 3.56. The molecule has 1 aliphatic rings. The van der Waals surface area contributed by atoms with E-state index in [1.54, 1.807) is 30.3 Å². The Balaban J connectivity index is 1.76. The van der Waals surface area contributed by atoms with Crippen LogP contribution in [0.5, 0.6) is 0 Å². The van der Waals surface area contributed by atoms with Gasteiger partial charge in [-0.15, -0.1) is 0 Å². The van der Waals surface area contributed by atoms with Gasteiger partial charge in [-0.25, -0.2) is 9.18 Å². The molecule has 0 spiro atoms. The third kappa shape index (κ3) is 4.67. The van der Waals surface area contributed by atoms with Crippen LogP contribution in [-0.4, -0.2) is 39.5 Å². The first-order valence-corrected chi connectivity index (χ1v) is 10.4. The highest BCUT2D eigenvalue weighted by atomic mass is 19.1. The largest absolute Gasteiger partial charge is 0.376 e. The Labute approximate surface area is 183 Å². The summed E-state index contributed by atoms with van der Waals surface area (Å²) in [5.74, 6) is -1.18. The molecule has 166 valence electrons. The lowest BCUT2D eigenvalue weighted by Gasteiger charge is -2.14. The molecule has 1 amide bonds. The van der Waals surface area contributed by atoms with E-state index >= 15 is 0 Å². The van der Waals surface area contributed by atoms with Crippen LogP contribution >= 0.6 is 0 Å². The molecule has 0 radical (unpaired) electrons. The zero-order chi connectivity index (χ0) is 22.7. The number of nitrogens with one attached hydrogen (secondary N) is 1. The van der Waals surface area contributed by atoms with Gasteiger partial charge >= 0.3 is 5.69 Å². The van der Waals surface area contributed by atoms with Crippen molar-refractivity contribution in [3.05, 3.63) is 92.0 Å². The predicted molar refractivity (Wildman–Crippen MR) is 116 cm³/mol. The monoisotopic (exact) mass is 438 g/mol. The average Bonchev–Trinajstić information content (AvgIpc) is 3.30. The van der Waals surface area contributed by atoms with Crippen molar-refractivity contribution in [3.8, 4) is 5.69 Å². The summed E-state index contributed by atoms with van der Waals surface area (Å²) in [6.45, 7) is 2.58. The number of halogens is 1. The topological polar surface area (TPSA) is 95.2 Å². The maximum absolute atomic E-state index is 13.6. The molecular formula is C23H23FN4O4. The first kappa shape index (κ1) is 21.6. The van der Waals surface area contributed by atoms with E-state index in [1.165, 1.54) is 18.2 Å². The van der Waals surface area contributed by atoms with E-state index in [9.17, 15) is 18.8 Å². The number of carbonyl (C=O) groups excluding carboxylic acids is 1. The Morgan fingerprint density at radius 1 is 1.22 bits per heavy atom. The molecule has 2 aromatic carbocycles. The van der Waals surface area contributed by atoms with Crippen molar-refractivity contribution in [3.63, 3.8) is 0 Å². The van der Waals surface area contributed by atoms with E-state index in [0.29, 0.717) is 17.9 Å². The van der Waals surface area contributed by atoms with Crippen LogP contribution in [0.15, 0.2) is 58.1 Å². The van der Waals surface area contributed by atoms with Crippen molar-refractivity contribution >= 4 is 5.91 Å². The summed E-state index contributed by atoms with van der Waals surface area (Å²) in [4.78, 5) is 39.0. The maximum Gasteiger partial charge on any atom is 0.352 e. The molecule has 8 nitrogen and oxygen atoms in total. The van der Waals surface area contributed by atoms with Crippen LogP contribution in [0.2, 0.25) is 0 Å². The summed E-state index contributed by atoms with van der Waals surface area (Å²) in [5.41, 5.74) is -0.187. The number of nitrogens with zero attached hydrogens (tertiary/aromatic N) is 3. The number of aryl methyl sites for hydroxylation is 1. The molecule has 2 heterocycles. The molecule has 1 atom stereocenters. The van der Waals surface area contributed by atoms with Crippen LogP contribution in [0.4, 0.5) is 4.39 Å². The van der Waals surface area contributed by atoms with E-state index in [-0.39, 0.29) is 19.2 Å². The Hall–Kier alpha value is -3.59. The number of ether oxygens (including phenoxy) is 1. The highest BCUT2D eigenvalue weighted by molar-refractivity contribution is 5.91. The predicted octanol–water partition coefficient (Wildman–Crippen LogP) is 1.80. The van der Waals surface area contributed by atoms with Gasteiger partial charge in [-0.3, -0.25) is 14.2 Å². The van der Waals surface area contributed by atoms with Gasteiger partial charge in [0.2, 0.25) is 5.69 Å². The maximum atomic E-state index is 13.6. The average molecular weight is 438 g/mol. The fraction of sp³-hybridized carbons (Fsp3) is 0.304. The van der Waals surface area contributed by atoms with Gasteiger partial charge in [-0.1, -0.05) is 29.8 Å². The highest BCUT2D eigenvalue weighted by Crippen LogP contribution is 2.11. The molecule has 0 saturated carbocycles. The summed E-state index contributed by atoms with van der Waals surface area (Å²) < 4.78 is 21.1. The highest BCUT2D eigenvalue weighted by Gasteiger charge is 2.22. The van der Waals surface area contributed by atoms with Crippen LogP contribution in [-0.2, 0) is 11.3 Å². The summed E-state index contributed by atoms with van der Waals surface area (Å²) in [7, 11) is 0. The SMILES string of the molecule is Cc1ccc(-n2nc(C(=O)NC[C@@H]3CCCO3)c(=O)n(Cc3cccc(F)c3)c2=O)cc1. The molecule has 1 fully saturated rings. The van der Waals surface area contributed by atoms with Gasteiger partial charge in [0.15, 0.2) is 0 Å². The number of rotatable bonds is 6. The second-order valence-electron chi connectivity index (χ2n) is 7.74. The molecule has 4 rings (SSSR count). The van der Waals surface area contributed by atoms with Gasteiger partial charge in [0.25, 0.3) is 11.5 Å². The number of aromatic nitrogens is 3. The van der Waals surface area contributed by atoms with Crippen molar-refractivity contribution in [2.75, 3.05) is 13.2 Å². The van der Waals surface area contributed by atoms with Gasteiger partial charge in [-0.05, 0) is 49.6 Å². The molecule has 0 aliphatic carbocycles. The van der Waals surface area contributed by atoms with E-state index in [1.807, 2.05) is 6.92 Å². The lowest BCUT2D eigenvalue weighted by Crippen LogP contribution is -2.46. The number of amides is 1. The smallest absolute Gasteiger partial charge is 0.352 e. The van der Waals surface area contributed by atoms with Crippen molar-refractivity contribution in [2.24, 2.45) is 0 Å². The second kappa shape index (κ2) is 9.27. The fourth-order valence-corrected chi connectivity index (χ4v) is 3.56. The number of carbonyl (C=O) groups is 1. The van der Waals surface area contributed by atoms with Gasteiger partial charge in [0.05, 0.1) is 18.3 Å². The van der Waals surface area contributed by atoms with Gasteiger partial charge in [0, 0.05) is 13.2 Å². The van der Waals surface area contributed by atoms with Crippen LogP contribution in [0.1, 0.15) is 34.5 Å². The lowest BCUT2D eigenvalue weighted by atomic mass is 10.2. The third-order valence-corrected chi connectivity index (χ3v) is 5.30. The molecule has 3 aromatic rings. The van der Waals surface area contributed by atoms with Crippen LogP contribution < -0.4 is 16.6 Å². The summed E-state index contributed by atoms with van der Waals surface area (Å²) in [5, 5.41) is 6.75. The minimum absolute atomic E-state index is 0.114. The summed E-state index contributed by atoms with van der Waals surface area (Å²) in [6.07, 6.45) is 1.62. The zero-order valence-corrected chi connectivity index (χ0v) is 17.6. The second-order valence-corrected chi connectivity index (χ2v) is 7.74. The minimum Gasteiger partial charge on any atom is -0.376 e. The first-order chi connectivity index (χ1) is 15.4. The van der Waals surface area contributed by atoms with E-state index in [2.05, 4.69) is 10.4 Å². The molecule has 1 saturated heterocycles. The zero-order valence-electron chi connectivity index (χ0n) is 17.6. The van der Waals surface area contributed by atoms with Crippen molar-refractivity contribution < 1.29 is 13.9 Å². The van der Waals surface area contributed by atoms with E-state index in [0.717, 1.165) is 27.7 Å². The van der Waals surface area contributed by atoms with Crippen LogP contribution in [0, 0.1) is 12.7 Å². The lowest BCUT2D eigenvalue weighted by molar-refractivity contribution is 0.0849. The molecule has 1 aromatic heterocycles. The molecule has 32 heavy (non-hydrogen) atoms.